The summed E-state index contributed by atoms with van der Waals surface area (Å²) < 4.78 is 15.2. The maximum Gasteiger partial charge on any atom is 2.00 e. The van der Waals surface area contributed by atoms with E-state index in [1.807, 2.05) is 36.4 Å². The molecular formula is C41H34N2O2PtSe. The minimum absolute atomic E-state index is 0. The second kappa shape index (κ2) is 11.4. The summed E-state index contributed by atoms with van der Waals surface area (Å²) in [5.41, 5.74) is 9.51. The molecule has 0 aliphatic heterocycles. The maximum absolute atomic E-state index is 6.67. The van der Waals surface area contributed by atoms with E-state index < -0.39 is 0 Å². The Labute approximate surface area is 295 Å². The molecule has 4 heterocycles. The van der Waals surface area contributed by atoms with Crippen molar-refractivity contribution in [2.75, 3.05) is 0 Å². The van der Waals surface area contributed by atoms with Crippen LogP contribution in [-0.4, -0.2) is 24.9 Å². The van der Waals surface area contributed by atoms with Crippen LogP contribution >= 0.6 is 0 Å². The fourth-order valence-corrected chi connectivity index (χ4v) is 8.13. The van der Waals surface area contributed by atoms with Gasteiger partial charge in [0.15, 0.2) is 0 Å². The molecule has 0 amide bonds. The largest absolute Gasteiger partial charge is 2.00 e. The number of hydrogen-bond donors (Lipinski definition) is 0. The second-order valence-electron chi connectivity index (χ2n) is 14.2. The first-order valence-electron chi connectivity index (χ1n) is 15.7. The van der Waals surface area contributed by atoms with Crippen molar-refractivity contribution < 1.29 is 29.9 Å². The Balaban J connectivity index is 0.00000351. The molecule has 0 unspecified atom stereocenters. The van der Waals surface area contributed by atoms with E-state index in [9.17, 15) is 0 Å². The number of fused-ring (bicyclic) bond motifs is 4. The molecule has 0 saturated heterocycles. The summed E-state index contributed by atoms with van der Waals surface area (Å²) in [7, 11) is 0. The molecule has 236 valence electrons. The normalized spacial score (nSPS) is 12.5. The summed E-state index contributed by atoms with van der Waals surface area (Å²) in [6, 6.07) is 34.5. The van der Waals surface area contributed by atoms with Gasteiger partial charge in [0.2, 0.25) is 0 Å². The minimum atomic E-state index is -0.168. The monoisotopic (exact) mass is 861 g/mol. The number of aromatic nitrogens is 2. The summed E-state index contributed by atoms with van der Waals surface area (Å²) in [4.78, 5) is 10.6. The molecule has 0 aliphatic rings. The third-order valence-electron chi connectivity index (χ3n) is 8.76. The Bertz CT molecular complexity index is 2500. The van der Waals surface area contributed by atoms with Gasteiger partial charge in [-0.15, -0.1) is 0 Å². The molecule has 47 heavy (non-hydrogen) atoms. The molecular weight excluding hydrogens is 827 g/mol. The van der Waals surface area contributed by atoms with Gasteiger partial charge in [0.05, 0.1) is 0 Å². The molecule has 0 radical (unpaired) electrons. The van der Waals surface area contributed by atoms with Gasteiger partial charge in [0.1, 0.15) is 0 Å². The molecule has 0 fully saturated rings. The van der Waals surface area contributed by atoms with E-state index in [1.165, 1.54) is 11.1 Å². The quantitative estimate of drug-likeness (QED) is 0.131. The van der Waals surface area contributed by atoms with Crippen LogP contribution < -0.4 is 9.18 Å². The third-order valence-corrected chi connectivity index (χ3v) is 10.5. The first kappa shape index (κ1) is 31.8. The van der Waals surface area contributed by atoms with Crippen LogP contribution in [-0.2, 0) is 31.9 Å². The van der Waals surface area contributed by atoms with Crippen molar-refractivity contribution in [3.05, 3.63) is 108 Å². The Kier molecular flexibility index (Phi) is 7.75. The van der Waals surface area contributed by atoms with Crippen LogP contribution in [0.4, 0.5) is 0 Å². The van der Waals surface area contributed by atoms with Gasteiger partial charge in [-0.2, -0.15) is 0 Å². The summed E-state index contributed by atoms with van der Waals surface area (Å²) >= 11 is -0.168. The number of benzene rings is 4. The molecule has 6 heteroatoms. The maximum atomic E-state index is 6.67. The number of hydrogen-bond acceptors (Lipinski definition) is 4. The van der Waals surface area contributed by atoms with Gasteiger partial charge in [-0.25, -0.2) is 0 Å². The van der Waals surface area contributed by atoms with E-state index in [0.29, 0.717) is 0 Å². The van der Waals surface area contributed by atoms with Crippen molar-refractivity contribution in [3.8, 4) is 11.3 Å². The third kappa shape index (κ3) is 5.53. The van der Waals surface area contributed by atoms with Crippen molar-refractivity contribution in [2.45, 2.75) is 59.3 Å². The molecule has 0 atom stereocenters. The molecule has 0 aliphatic carbocycles. The molecule has 4 aromatic heterocycles. The zero-order chi connectivity index (χ0) is 32.0. The predicted octanol–water partition coefficient (Wildman–Crippen LogP) is 9.25. The average molecular weight is 861 g/mol. The van der Waals surface area contributed by atoms with E-state index in [0.717, 1.165) is 80.8 Å². The van der Waals surface area contributed by atoms with Gasteiger partial charge in [0.25, 0.3) is 0 Å². The molecule has 0 spiro atoms. The molecule has 0 saturated carbocycles. The minimum Gasteiger partial charge on any atom is 2.00 e. The van der Waals surface area contributed by atoms with E-state index in [4.69, 9.17) is 18.8 Å². The van der Waals surface area contributed by atoms with Gasteiger partial charge in [-0.05, 0) is 0 Å². The van der Waals surface area contributed by atoms with Gasteiger partial charge < -0.3 is 0 Å². The van der Waals surface area contributed by atoms with Crippen LogP contribution in [0.1, 0.15) is 58.2 Å². The van der Waals surface area contributed by atoms with Crippen molar-refractivity contribution in [1.29, 1.82) is 0 Å². The summed E-state index contributed by atoms with van der Waals surface area (Å²) in [5, 5.41) is 4.92. The Morgan fingerprint density at radius 3 is 2.15 bits per heavy atom. The Morgan fingerprint density at radius 2 is 1.40 bits per heavy atom. The van der Waals surface area contributed by atoms with Crippen LogP contribution in [0, 0.1) is 19.1 Å². The average Bonchev–Trinajstić information content (AvgIpc) is 3.35. The van der Waals surface area contributed by atoms with E-state index in [2.05, 4.69) is 103 Å². The van der Waals surface area contributed by atoms with Gasteiger partial charge in [-0.1, -0.05) is 0 Å². The van der Waals surface area contributed by atoms with Crippen LogP contribution in [0.3, 0.4) is 0 Å². The number of pyridine rings is 2. The zero-order valence-electron chi connectivity index (χ0n) is 27.4. The van der Waals surface area contributed by atoms with Crippen molar-refractivity contribution >= 4 is 78.9 Å². The number of furan rings is 1. The molecule has 4 aromatic carbocycles. The van der Waals surface area contributed by atoms with Gasteiger partial charge in [0, 0.05) is 0 Å². The predicted molar refractivity (Wildman–Crippen MR) is 191 cm³/mol. The summed E-state index contributed by atoms with van der Waals surface area (Å²) in [6.07, 6.45) is 0. The van der Waals surface area contributed by atoms with Crippen molar-refractivity contribution in [2.24, 2.45) is 0 Å². The van der Waals surface area contributed by atoms with E-state index in [-0.39, 0.29) is 46.9 Å². The van der Waals surface area contributed by atoms with Gasteiger partial charge >= 0.3 is 297 Å². The standard InChI is InChI=1S/C41H34N2O2Se.Pt/c1-23-18-33(46-34-22-27(41(5,6)7)21-30(42-34)25-13-10-14-26(19-25)40(2,3)4)43-37-29-20-24-12-8-9-15-28(24)39-35(29)36-31(44-38(23)37)16-11-17-32(36)45-39;/h8-12,14-19,21-22H,1-7H3;/q-2;+2. The summed E-state index contributed by atoms with van der Waals surface area (Å²) in [5.74, 6) is 0. The number of aryl methyl sites for hydroxylation is 1. The zero-order valence-corrected chi connectivity index (χ0v) is 31.4. The second-order valence-corrected chi connectivity index (χ2v) is 16.4. The molecule has 8 aromatic rings. The number of rotatable bonds is 3. The van der Waals surface area contributed by atoms with E-state index in [1.54, 1.807) is 0 Å². The SMILES string of the molecule is Cc1cc([Se]c2cc(C(C)(C)C)cc(-c3[c-]ccc(C(C)(C)C)c3)n2)nc2c1oc1cccc3oc4c5ccccc5[c-]c2c4c13.[Pt+2]. The fourth-order valence-electron chi connectivity index (χ4n) is 6.20. The first-order chi connectivity index (χ1) is 21.9. The topological polar surface area (TPSA) is 52.1 Å². The van der Waals surface area contributed by atoms with Crippen LogP contribution in [0.15, 0.2) is 87.7 Å². The van der Waals surface area contributed by atoms with Crippen molar-refractivity contribution in [1.82, 2.24) is 9.97 Å². The molecule has 8 rings (SSSR count). The van der Waals surface area contributed by atoms with Gasteiger partial charge in [-0.3, -0.25) is 0 Å². The molecule has 4 nitrogen and oxygen atoms in total. The Morgan fingerprint density at radius 1 is 0.702 bits per heavy atom. The van der Waals surface area contributed by atoms with Crippen molar-refractivity contribution in [3.63, 3.8) is 0 Å². The summed E-state index contributed by atoms with van der Waals surface area (Å²) in [6.45, 7) is 15.6. The van der Waals surface area contributed by atoms with Crippen LogP contribution in [0.25, 0.3) is 66.0 Å². The smallest absolute Gasteiger partial charge is 2.00 e. The first-order valence-corrected chi connectivity index (χ1v) is 17.4. The van der Waals surface area contributed by atoms with Crippen LogP contribution in [0.2, 0.25) is 0 Å². The van der Waals surface area contributed by atoms with E-state index >= 15 is 0 Å². The number of nitrogens with zero attached hydrogens (tertiary/aromatic N) is 2. The fraction of sp³-hybridized carbons (Fsp3) is 0.220. The Hall–Kier alpha value is -3.75. The van der Waals surface area contributed by atoms with Crippen LogP contribution in [0.5, 0.6) is 0 Å². The molecule has 0 bridgehead atoms. The molecule has 0 N–H and O–H groups in total.